The van der Waals surface area contributed by atoms with Crippen LogP contribution >= 0.6 is 11.8 Å². The predicted molar refractivity (Wildman–Crippen MR) is 104 cm³/mol. The Morgan fingerprint density at radius 3 is 2.41 bits per heavy atom. The third-order valence-corrected chi connectivity index (χ3v) is 5.41. The minimum atomic E-state index is -0.0934. The molecule has 0 saturated carbocycles. The number of aromatic nitrogens is 5. The average molecular weight is 383 g/mol. The number of Topliss-reactive ketones (excluding diaryl/α,β-unsaturated/α-hetero) is 2. The van der Waals surface area contributed by atoms with Gasteiger partial charge in [-0.15, -0.1) is 5.10 Å². The van der Waals surface area contributed by atoms with Crippen molar-refractivity contribution in [1.82, 2.24) is 25.2 Å². The zero-order chi connectivity index (χ0) is 19.7. The van der Waals surface area contributed by atoms with Crippen molar-refractivity contribution in [2.24, 2.45) is 0 Å². The van der Waals surface area contributed by atoms with E-state index in [0.29, 0.717) is 27.7 Å². The first-order valence-electron chi connectivity index (χ1n) is 8.52. The Morgan fingerprint density at radius 1 is 1.15 bits per heavy atom. The summed E-state index contributed by atoms with van der Waals surface area (Å²) >= 11 is 1.27. The summed E-state index contributed by atoms with van der Waals surface area (Å²) in [5.41, 5.74) is 5.49. The summed E-state index contributed by atoms with van der Waals surface area (Å²) in [6.07, 6.45) is 0. The van der Waals surface area contributed by atoms with Crippen molar-refractivity contribution in [1.29, 1.82) is 0 Å². The van der Waals surface area contributed by atoms with Crippen LogP contribution in [0.2, 0.25) is 0 Å². The molecule has 3 aromatic rings. The smallest absolute Gasteiger partial charge is 0.214 e. The predicted octanol–water partition coefficient (Wildman–Crippen LogP) is 3.40. The fourth-order valence-corrected chi connectivity index (χ4v) is 4.06. The largest absolute Gasteiger partial charge is 0.355 e. The van der Waals surface area contributed by atoms with Crippen LogP contribution in [0.25, 0.3) is 5.69 Å². The zero-order valence-electron chi connectivity index (χ0n) is 16.0. The van der Waals surface area contributed by atoms with Crippen molar-refractivity contribution < 1.29 is 9.59 Å². The van der Waals surface area contributed by atoms with Crippen LogP contribution in [0.1, 0.15) is 50.2 Å². The molecule has 0 atom stereocenters. The van der Waals surface area contributed by atoms with Gasteiger partial charge in [0.05, 0.1) is 17.1 Å². The van der Waals surface area contributed by atoms with Gasteiger partial charge in [0, 0.05) is 11.3 Å². The number of hydrogen-bond acceptors (Lipinski definition) is 6. The summed E-state index contributed by atoms with van der Waals surface area (Å²) in [6, 6.07) is 5.98. The van der Waals surface area contributed by atoms with Crippen molar-refractivity contribution in [2.45, 2.75) is 39.8 Å². The molecule has 0 aliphatic heterocycles. The van der Waals surface area contributed by atoms with Crippen LogP contribution in [-0.2, 0) is 0 Å². The molecule has 0 unspecified atom stereocenters. The number of nitrogens with one attached hydrogen (secondary N) is 1. The second kappa shape index (κ2) is 7.48. The van der Waals surface area contributed by atoms with Gasteiger partial charge >= 0.3 is 0 Å². The van der Waals surface area contributed by atoms with E-state index in [2.05, 4.69) is 20.5 Å². The van der Waals surface area contributed by atoms with E-state index >= 15 is 0 Å². The lowest BCUT2D eigenvalue weighted by Gasteiger charge is -2.10. The highest BCUT2D eigenvalue weighted by Gasteiger charge is 2.21. The molecule has 0 radical (unpaired) electrons. The molecule has 140 valence electrons. The minimum Gasteiger partial charge on any atom is -0.355 e. The monoisotopic (exact) mass is 383 g/mol. The maximum Gasteiger partial charge on any atom is 0.214 e. The average Bonchev–Trinajstić information content (AvgIpc) is 3.16. The molecule has 0 fully saturated rings. The van der Waals surface area contributed by atoms with Crippen molar-refractivity contribution >= 4 is 23.3 Å². The van der Waals surface area contributed by atoms with Crippen molar-refractivity contribution in [3.63, 3.8) is 0 Å². The minimum absolute atomic E-state index is 0.0491. The van der Waals surface area contributed by atoms with Gasteiger partial charge in [0.25, 0.3) is 0 Å². The highest BCUT2D eigenvalue weighted by atomic mass is 32.2. The molecule has 1 N–H and O–H groups in total. The first kappa shape index (κ1) is 19.0. The van der Waals surface area contributed by atoms with E-state index in [4.69, 9.17) is 0 Å². The molecule has 0 spiro atoms. The van der Waals surface area contributed by atoms with Gasteiger partial charge in [-0.3, -0.25) is 9.59 Å². The number of H-pyrrole nitrogens is 1. The van der Waals surface area contributed by atoms with Crippen LogP contribution in [0.3, 0.4) is 0 Å². The summed E-state index contributed by atoms with van der Waals surface area (Å²) in [7, 11) is 0. The summed E-state index contributed by atoms with van der Waals surface area (Å²) in [4.78, 5) is 27.5. The Morgan fingerprint density at radius 2 is 1.81 bits per heavy atom. The topological polar surface area (TPSA) is 93.5 Å². The lowest BCUT2D eigenvalue weighted by atomic mass is 10.1. The van der Waals surface area contributed by atoms with Crippen LogP contribution in [-0.4, -0.2) is 42.5 Å². The molecule has 1 aromatic carbocycles. The van der Waals surface area contributed by atoms with Gasteiger partial charge < -0.3 is 4.98 Å². The van der Waals surface area contributed by atoms with Crippen LogP contribution in [0.4, 0.5) is 0 Å². The third-order valence-electron chi connectivity index (χ3n) is 4.49. The van der Waals surface area contributed by atoms with Gasteiger partial charge in [0.15, 0.2) is 11.6 Å². The maximum atomic E-state index is 12.7. The van der Waals surface area contributed by atoms with Gasteiger partial charge in [-0.05, 0) is 61.7 Å². The number of carbonyl (C=O) groups excluding carboxylic acids is 2. The molecule has 0 amide bonds. The summed E-state index contributed by atoms with van der Waals surface area (Å²) < 4.78 is 1.66. The molecule has 7 nitrogen and oxygen atoms in total. The number of benzene rings is 1. The van der Waals surface area contributed by atoms with E-state index < -0.39 is 0 Å². The highest BCUT2D eigenvalue weighted by molar-refractivity contribution is 7.99. The molecular formula is C19H21N5O2S. The molecule has 0 bridgehead atoms. The van der Waals surface area contributed by atoms with Crippen LogP contribution in [0.15, 0.2) is 23.4 Å². The second-order valence-corrected chi connectivity index (χ2v) is 7.45. The number of aryl methyl sites for hydroxylation is 3. The first-order valence-corrected chi connectivity index (χ1v) is 9.51. The SMILES string of the molecule is CC(=O)c1c(C)[nH]c(C(=O)CSc2nnnn2-c2c(C)cccc2C)c1C. The summed E-state index contributed by atoms with van der Waals surface area (Å²) in [5, 5.41) is 12.5. The number of carbonyl (C=O) groups is 2. The number of ketones is 2. The fourth-order valence-electron chi connectivity index (χ4n) is 3.31. The van der Waals surface area contributed by atoms with E-state index in [1.54, 1.807) is 18.5 Å². The lowest BCUT2D eigenvalue weighted by Crippen LogP contribution is -2.08. The lowest BCUT2D eigenvalue weighted by molar-refractivity contribution is 0.101. The van der Waals surface area contributed by atoms with Gasteiger partial charge in [-0.1, -0.05) is 30.0 Å². The molecule has 27 heavy (non-hydrogen) atoms. The van der Waals surface area contributed by atoms with Gasteiger partial charge in [0.2, 0.25) is 5.16 Å². The molecule has 0 saturated heterocycles. The fraction of sp³-hybridized carbons (Fsp3) is 0.316. The highest BCUT2D eigenvalue weighted by Crippen LogP contribution is 2.25. The Bertz CT molecular complexity index is 1010. The molecule has 0 aliphatic carbocycles. The van der Waals surface area contributed by atoms with Crippen molar-refractivity contribution in [2.75, 3.05) is 5.75 Å². The Kier molecular flexibility index (Phi) is 5.27. The number of para-hydroxylation sites is 1. The van der Waals surface area contributed by atoms with Crippen LogP contribution in [0, 0.1) is 27.7 Å². The number of aromatic amines is 1. The van der Waals surface area contributed by atoms with Crippen molar-refractivity contribution in [3.05, 3.63) is 51.8 Å². The molecular weight excluding hydrogens is 362 g/mol. The maximum absolute atomic E-state index is 12.7. The van der Waals surface area contributed by atoms with E-state index in [-0.39, 0.29) is 17.3 Å². The number of thioether (sulfide) groups is 1. The summed E-state index contributed by atoms with van der Waals surface area (Å²) in [5.74, 6) is 0.0276. The zero-order valence-corrected chi connectivity index (χ0v) is 16.8. The number of rotatable bonds is 6. The normalized spacial score (nSPS) is 11.0. The number of hydrogen-bond donors (Lipinski definition) is 1. The van der Waals surface area contributed by atoms with Gasteiger partial charge in [0.1, 0.15) is 0 Å². The number of tetrazole rings is 1. The Hall–Kier alpha value is -2.74. The first-order chi connectivity index (χ1) is 12.8. The van der Waals surface area contributed by atoms with E-state index in [0.717, 1.165) is 16.8 Å². The van der Waals surface area contributed by atoms with Crippen LogP contribution in [0.5, 0.6) is 0 Å². The van der Waals surface area contributed by atoms with Crippen molar-refractivity contribution in [3.8, 4) is 5.69 Å². The standard InChI is InChI=1S/C19H21N5O2S/c1-10-7-6-8-11(2)18(10)24-19(21-22-23-24)27-9-15(26)17-12(3)16(14(5)25)13(4)20-17/h6-8,20H,9H2,1-5H3. The van der Waals surface area contributed by atoms with Gasteiger partial charge in [-0.25, -0.2) is 0 Å². The third kappa shape index (κ3) is 3.57. The molecule has 8 heteroatoms. The molecule has 2 heterocycles. The van der Waals surface area contributed by atoms with E-state index in [1.807, 2.05) is 32.0 Å². The number of nitrogens with zero attached hydrogens (tertiary/aromatic N) is 4. The van der Waals surface area contributed by atoms with E-state index in [9.17, 15) is 9.59 Å². The van der Waals surface area contributed by atoms with E-state index in [1.165, 1.54) is 18.7 Å². The Labute approximate surface area is 161 Å². The Balaban J connectivity index is 1.83. The molecule has 3 rings (SSSR count). The summed E-state index contributed by atoms with van der Waals surface area (Å²) in [6.45, 7) is 9.09. The van der Waals surface area contributed by atoms with Crippen LogP contribution < -0.4 is 0 Å². The van der Waals surface area contributed by atoms with Gasteiger partial charge in [-0.2, -0.15) is 4.68 Å². The molecule has 2 aromatic heterocycles. The second-order valence-electron chi connectivity index (χ2n) is 6.51. The molecule has 0 aliphatic rings. The quantitative estimate of drug-likeness (QED) is 0.518.